The van der Waals surface area contributed by atoms with Crippen LogP contribution in [0, 0.1) is 5.82 Å². The maximum absolute atomic E-state index is 14.1. The molecule has 1 aliphatic heterocycles. The molecule has 0 bridgehead atoms. The summed E-state index contributed by atoms with van der Waals surface area (Å²) < 4.78 is 14.1. The van der Waals surface area contributed by atoms with Gasteiger partial charge in [-0.15, -0.1) is 0 Å². The van der Waals surface area contributed by atoms with Gasteiger partial charge in [0.2, 0.25) is 0 Å². The zero-order chi connectivity index (χ0) is 16.9. The Morgan fingerprint density at radius 3 is 2.75 bits per heavy atom. The van der Waals surface area contributed by atoms with E-state index < -0.39 is 17.3 Å². The number of benzene rings is 2. The molecule has 1 amide bonds. The van der Waals surface area contributed by atoms with Crippen molar-refractivity contribution in [2.45, 2.75) is 12.0 Å². The van der Waals surface area contributed by atoms with Gasteiger partial charge in [0, 0.05) is 30.1 Å². The highest BCUT2D eigenvalue weighted by Gasteiger charge is 2.49. The Balaban J connectivity index is 1.80. The Kier molecular flexibility index (Phi) is 3.15. The average molecular weight is 322 g/mol. The van der Waals surface area contributed by atoms with E-state index in [4.69, 9.17) is 0 Å². The van der Waals surface area contributed by atoms with Crippen LogP contribution in [0.1, 0.15) is 11.3 Å². The number of amides is 1. The largest absolute Gasteiger partial charge is 0.375 e. The first-order valence-electron chi connectivity index (χ1n) is 7.65. The van der Waals surface area contributed by atoms with Crippen LogP contribution < -0.4 is 4.90 Å². The van der Waals surface area contributed by atoms with E-state index in [9.17, 15) is 14.3 Å². The maximum Gasteiger partial charge on any atom is 0.263 e. The Bertz CT molecular complexity index is 972. The number of fused-ring (bicyclic) bond motifs is 2. The quantitative estimate of drug-likeness (QED) is 0.789. The number of pyridine rings is 1. The predicted octanol–water partition coefficient (Wildman–Crippen LogP) is 2.78. The lowest BCUT2D eigenvalue weighted by atomic mass is 9.90. The molecule has 0 unspecified atom stereocenters. The Hall–Kier alpha value is -2.79. The van der Waals surface area contributed by atoms with E-state index in [1.807, 2.05) is 30.3 Å². The van der Waals surface area contributed by atoms with Crippen molar-refractivity contribution in [2.24, 2.45) is 0 Å². The highest BCUT2D eigenvalue weighted by molar-refractivity contribution is 6.06. The van der Waals surface area contributed by atoms with Gasteiger partial charge in [-0.1, -0.05) is 36.4 Å². The third-order valence-electron chi connectivity index (χ3n) is 4.52. The molecule has 2 heterocycles. The molecule has 0 spiro atoms. The summed E-state index contributed by atoms with van der Waals surface area (Å²) in [5, 5.41) is 12.0. The second-order valence-corrected chi connectivity index (χ2v) is 6.03. The standard InChI is InChI=1S/C19H15FN2O2/c1-22-17-14(6-4-7-15(17)20)19(24,18(22)23)11-13-10-9-12-5-2-3-8-16(12)21-13/h2-10,24H,11H2,1H3/t19-/m1/s1. The van der Waals surface area contributed by atoms with Crippen molar-refractivity contribution in [2.75, 3.05) is 11.9 Å². The van der Waals surface area contributed by atoms with Crippen molar-refractivity contribution >= 4 is 22.5 Å². The minimum absolute atomic E-state index is 0.00252. The summed E-state index contributed by atoms with van der Waals surface area (Å²) in [7, 11) is 1.47. The molecule has 1 N–H and O–H groups in total. The molecule has 2 aromatic carbocycles. The molecule has 4 rings (SSSR count). The molecule has 120 valence electrons. The van der Waals surface area contributed by atoms with Gasteiger partial charge in [0.1, 0.15) is 5.82 Å². The van der Waals surface area contributed by atoms with E-state index in [2.05, 4.69) is 4.98 Å². The SMILES string of the molecule is CN1C(=O)[C@@](O)(Cc2ccc3ccccc3n2)c2cccc(F)c21. The highest BCUT2D eigenvalue weighted by atomic mass is 19.1. The number of carbonyl (C=O) groups is 1. The van der Waals surface area contributed by atoms with Crippen molar-refractivity contribution < 1.29 is 14.3 Å². The summed E-state index contributed by atoms with van der Waals surface area (Å²) in [4.78, 5) is 18.3. The fourth-order valence-electron chi connectivity index (χ4n) is 3.32. The molecule has 3 aromatic rings. The summed E-state index contributed by atoms with van der Waals surface area (Å²) >= 11 is 0. The number of likely N-dealkylation sites (N-methyl/N-ethyl adjacent to an activating group) is 1. The summed E-state index contributed by atoms with van der Waals surface area (Å²) in [6.07, 6.45) is -0.00252. The molecule has 24 heavy (non-hydrogen) atoms. The van der Waals surface area contributed by atoms with E-state index in [0.29, 0.717) is 5.69 Å². The molecule has 0 saturated heterocycles. The Morgan fingerprint density at radius 2 is 1.92 bits per heavy atom. The number of halogens is 1. The molecule has 5 heteroatoms. The normalized spacial score (nSPS) is 19.8. The Labute approximate surface area is 138 Å². The van der Waals surface area contributed by atoms with Crippen LogP contribution in [0.25, 0.3) is 10.9 Å². The third kappa shape index (κ3) is 2.02. The molecule has 0 fully saturated rings. The summed E-state index contributed by atoms with van der Waals surface area (Å²) in [6.45, 7) is 0. The van der Waals surface area contributed by atoms with E-state index in [0.717, 1.165) is 10.9 Å². The van der Waals surface area contributed by atoms with Crippen LogP contribution in [0.4, 0.5) is 10.1 Å². The lowest BCUT2D eigenvalue weighted by Crippen LogP contribution is -2.40. The van der Waals surface area contributed by atoms with Crippen molar-refractivity contribution in [3.8, 4) is 0 Å². The molecule has 1 aliphatic rings. The van der Waals surface area contributed by atoms with Crippen molar-refractivity contribution in [1.29, 1.82) is 0 Å². The fourth-order valence-corrected chi connectivity index (χ4v) is 3.32. The van der Waals surface area contributed by atoms with Gasteiger partial charge in [0.05, 0.1) is 11.2 Å². The predicted molar refractivity (Wildman–Crippen MR) is 89.2 cm³/mol. The molecule has 4 nitrogen and oxygen atoms in total. The number of aliphatic hydroxyl groups is 1. The number of anilines is 1. The topological polar surface area (TPSA) is 53.4 Å². The van der Waals surface area contributed by atoms with Crippen LogP contribution >= 0.6 is 0 Å². The van der Waals surface area contributed by atoms with E-state index in [1.165, 1.54) is 24.1 Å². The van der Waals surface area contributed by atoms with Crippen LogP contribution in [-0.4, -0.2) is 23.0 Å². The molecular formula is C19H15FN2O2. The first kappa shape index (κ1) is 14.8. The number of para-hydroxylation sites is 2. The van der Waals surface area contributed by atoms with Crippen LogP contribution in [0.2, 0.25) is 0 Å². The summed E-state index contributed by atoms with van der Waals surface area (Å²) in [6, 6.07) is 15.7. The van der Waals surface area contributed by atoms with Gasteiger partial charge < -0.3 is 10.0 Å². The monoisotopic (exact) mass is 322 g/mol. The molecule has 1 aromatic heterocycles. The lowest BCUT2D eigenvalue weighted by molar-refractivity contribution is -0.135. The molecule has 0 aliphatic carbocycles. The second-order valence-electron chi connectivity index (χ2n) is 6.03. The number of hydrogen-bond donors (Lipinski definition) is 1. The molecule has 1 atom stereocenters. The summed E-state index contributed by atoms with van der Waals surface area (Å²) in [5.41, 5.74) is -0.0237. The average Bonchev–Trinajstić information content (AvgIpc) is 2.77. The van der Waals surface area contributed by atoms with Gasteiger partial charge in [0.15, 0.2) is 5.60 Å². The summed E-state index contributed by atoms with van der Waals surface area (Å²) in [5.74, 6) is -1.07. The van der Waals surface area contributed by atoms with Crippen LogP contribution in [0.5, 0.6) is 0 Å². The first-order chi connectivity index (χ1) is 11.5. The van der Waals surface area contributed by atoms with Crippen LogP contribution in [0.3, 0.4) is 0 Å². The number of hydrogen-bond acceptors (Lipinski definition) is 3. The van der Waals surface area contributed by atoms with Gasteiger partial charge in [-0.2, -0.15) is 0 Å². The Morgan fingerprint density at radius 1 is 1.12 bits per heavy atom. The van der Waals surface area contributed by atoms with E-state index in [-0.39, 0.29) is 17.7 Å². The van der Waals surface area contributed by atoms with Crippen molar-refractivity contribution in [1.82, 2.24) is 4.98 Å². The minimum atomic E-state index is -1.80. The minimum Gasteiger partial charge on any atom is -0.375 e. The van der Waals surface area contributed by atoms with Crippen molar-refractivity contribution in [3.05, 3.63) is 71.7 Å². The van der Waals surface area contributed by atoms with Crippen molar-refractivity contribution in [3.63, 3.8) is 0 Å². The van der Waals surface area contributed by atoms with E-state index >= 15 is 0 Å². The van der Waals surface area contributed by atoms with Gasteiger partial charge in [-0.25, -0.2) is 4.39 Å². The maximum atomic E-state index is 14.1. The first-order valence-corrected chi connectivity index (χ1v) is 7.65. The lowest BCUT2D eigenvalue weighted by Gasteiger charge is -2.21. The van der Waals surface area contributed by atoms with Crippen LogP contribution in [0.15, 0.2) is 54.6 Å². The van der Waals surface area contributed by atoms with E-state index in [1.54, 1.807) is 12.1 Å². The fraction of sp³-hybridized carbons (Fsp3) is 0.158. The number of aromatic nitrogens is 1. The molecule has 0 radical (unpaired) electrons. The molecular weight excluding hydrogens is 307 g/mol. The second kappa shape index (κ2) is 5.11. The zero-order valence-corrected chi connectivity index (χ0v) is 13.0. The molecule has 0 saturated carbocycles. The van der Waals surface area contributed by atoms with Gasteiger partial charge in [-0.3, -0.25) is 9.78 Å². The van der Waals surface area contributed by atoms with Crippen LogP contribution in [-0.2, 0) is 16.8 Å². The number of carbonyl (C=O) groups excluding carboxylic acids is 1. The van der Waals surface area contributed by atoms with Gasteiger partial charge in [-0.05, 0) is 18.2 Å². The van der Waals surface area contributed by atoms with Gasteiger partial charge in [0.25, 0.3) is 5.91 Å². The zero-order valence-electron chi connectivity index (χ0n) is 13.0. The van der Waals surface area contributed by atoms with Gasteiger partial charge >= 0.3 is 0 Å². The smallest absolute Gasteiger partial charge is 0.263 e. The number of rotatable bonds is 2. The number of nitrogens with zero attached hydrogens (tertiary/aromatic N) is 2. The third-order valence-corrected chi connectivity index (χ3v) is 4.52. The highest BCUT2D eigenvalue weighted by Crippen LogP contribution is 2.42.